The molecule has 0 bridgehead atoms. The van der Waals surface area contributed by atoms with Crippen LogP contribution in [0.4, 0.5) is 4.39 Å². The van der Waals surface area contributed by atoms with Crippen LogP contribution in [0.15, 0.2) is 36.4 Å². The summed E-state index contributed by atoms with van der Waals surface area (Å²) in [5, 5.41) is 0.617. The Kier molecular flexibility index (Phi) is 4.63. The van der Waals surface area contributed by atoms with Crippen LogP contribution in [-0.2, 0) is 6.61 Å². The van der Waals surface area contributed by atoms with Crippen molar-refractivity contribution in [3.8, 4) is 5.75 Å². The van der Waals surface area contributed by atoms with Gasteiger partial charge in [0.25, 0.3) is 0 Å². The van der Waals surface area contributed by atoms with Crippen molar-refractivity contribution in [2.75, 3.05) is 0 Å². The van der Waals surface area contributed by atoms with Crippen molar-refractivity contribution in [1.29, 1.82) is 0 Å². The van der Waals surface area contributed by atoms with E-state index in [-0.39, 0.29) is 11.9 Å². The minimum absolute atomic E-state index is 0.183. The van der Waals surface area contributed by atoms with E-state index in [1.165, 1.54) is 12.1 Å². The Labute approximate surface area is 123 Å². The SMILES string of the molecule is Cc1ccc(F)cc1COc1ccc(Cl)cc1[C@@H](C)N. The largest absolute Gasteiger partial charge is 0.489 e. The third-order valence-electron chi connectivity index (χ3n) is 3.16. The number of ether oxygens (including phenoxy) is 1. The lowest BCUT2D eigenvalue weighted by atomic mass is 10.1. The van der Waals surface area contributed by atoms with Crippen molar-refractivity contribution in [1.82, 2.24) is 0 Å². The van der Waals surface area contributed by atoms with Gasteiger partial charge in [-0.2, -0.15) is 0 Å². The van der Waals surface area contributed by atoms with Gasteiger partial charge < -0.3 is 10.5 Å². The third-order valence-corrected chi connectivity index (χ3v) is 3.39. The van der Waals surface area contributed by atoms with Crippen LogP contribution in [0.5, 0.6) is 5.75 Å². The molecule has 0 aliphatic rings. The van der Waals surface area contributed by atoms with Gasteiger partial charge >= 0.3 is 0 Å². The molecule has 0 amide bonds. The van der Waals surface area contributed by atoms with Crippen LogP contribution in [0, 0.1) is 12.7 Å². The van der Waals surface area contributed by atoms with Crippen LogP contribution in [-0.4, -0.2) is 0 Å². The summed E-state index contributed by atoms with van der Waals surface area (Å²) >= 11 is 5.96. The predicted octanol–water partition coefficient (Wildman–Crippen LogP) is 4.39. The maximum atomic E-state index is 13.2. The molecule has 0 spiro atoms. The first-order valence-corrected chi connectivity index (χ1v) is 6.78. The number of nitrogens with two attached hydrogens (primary N) is 1. The van der Waals surface area contributed by atoms with Crippen molar-refractivity contribution in [2.45, 2.75) is 26.5 Å². The fraction of sp³-hybridized carbons (Fsp3) is 0.250. The second kappa shape index (κ2) is 6.25. The molecule has 20 heavy (non-hydrogen) atoms. The fourth-order valence-corrected chi connectivity index (χ4v) is 2.14. The minimum atomic E-state index is -0.266. The fourth-order valence-electron chi connectivity index (χ4n) is 1.96. The Morgan fingerprint density at radius 2 is 2.00 bits per heavy atom. The van der Waals surface area contributed by atoms with Crippen LogP contribution < -0.4 is 10.5 Å². The zero-order valence-corrected chi connectivity index (χ0v) is 12.2. The van der Waals surface area contributed by atoms with E-state index in [1.54, 1.807) is 24.3 Å². The van der Waals surface area contributed by atoms with Crippen molar-refractivity contribution in [2.24, 2.45) is 5.73 Å². The maximum Gasteiger partial charge on any atom is 0.124 e. The van der Waals surface area contributed by atoms with Crippen LogP contribution in [0.1, 0.15) is 29.7 Å². The molecule has 2 nitrogen and oxygen atoms in total. The number of hydrogen-bond donors (Lipinski definition) is 1. The first-order valence-electron chi connectivity index (χ1n) is 6.40. The molecule has 0 fully saturated rings. The first kappa shape index (κ1) is 14.8. The Hall–Kier alpha value is -1.58. The molecule has 0 unspecified atom stereocenters. The Morgan fingerprint density at radius 1 is 1.25 bits per heavy atom. The zero-order chi connectivity index (χ0) is 14.7. The third kappa shape index (κ3) is 3.50. The number of benzene rings is 2. The summed E-state index contributed by atoms with van der Waals surface area (Å²) in [5.74, 6) is 0.408. The smallest absolute Gasteiger partial charge is 0.124 e. The molecule has 2 aromatic carbocycles. The topological polar surface area (TPSA) is 35.2 Å². The van der Waals surface area contributed by atoms with E-state index in [0.29, 0.717) is 17.4 Å². The molecule has 106 valence electrons. The van der Waals surface area contributed by atoms with E-state index in [2.05, 4.69) is 0 Å². The minimum Gasteiger partial charge on any atom is -0.489 e. The lowest BCUT2D eigenvalue weighted by Crippen LogP contribution is -2.08. The molecular formula is C16H17ClFNO. The average molecular weight is 294 g/mol. The molecule has 0 saturated carbocycles. The molecule has 1 atom stereocenters. The van der Waals surface area contributed by atoms with Crippen molar-refractivity contribution >= 4 is 11.6 Å². The summed E-state index contributed by atoms with van der Waals surface area (Å²) in [6.45, 7) is 4.09. The number of halogens is 2. The summed E-state index contributed by atoms with van der Waals surface area (Å²) in [6.07, 6.45) is 0. The monoisotopic (exact) mass is 293 g/mol. The van der Waals surface area contributed by atoms with Crippen molar-refractivity contribution < 1.29 is 9.13 Å². The zero-order valence-electron chi connectivity index (χ0n) is 11.5. The van der Waals surface area contributed by atoms with E-state index < -0.39 is 0 Å². The highest BCUT2D eigenvalue weighted by Crippen LogP contribution is 2.28. The maximum absolute atomic E-state index is 13.2. The summed E-state index contributed by atoms with van der Waals surface area (Å²) in [5.41, 5.74) is 8.55. The van der Waals surface area contributed by atoms with Gasteiger partial charge in [-0.3, -0.25) is 0 Å². The molecule has 0 saturated heterocycles. The molecule has 0 aliphatic heterocycles. The molecule has 0 heterocycles. The van der Waals surface area contributed by atoms with E-state index in [0.717, 1.165) is 16.7 Å². The first-order chi connectivity index (χ1) is 9.47. The average Bonchev–Trinajstić information content (AvgIpc) is 2.40. The summed E-state index contributed by atoms with van der Waals surface area (Å²) in [6, 6.07) is 9.81. The molecule has 4 heteroatoms. The van der Waals surface area contributed by atoms with E-state index >= 15 is 0 Å². The molecule has 0 aromatic heterocycles. The van der Waals surface area contributed by atoms with E-state index in [4.69, 9.17) is 22.1 Å². The number of rotatable bonds is 4. The normalized spacial score (nSPS) is 12.2. The van der Waals surface area contributed by atoms with Gasteiger partial charge in [-0.1, -0.05) is 17.7 Å². The highest BCUT2D eigenvalue weighted by molar-refractivity contribution is 6.30. The highest BCUT2D eigenvalue weighted by atomic mass is 35.5. The second-order valence-corrected chi connectivity index (χ2v) is 5.27. The highest BCUT2D eigenvalue weighted by Gasteiger charge is 2.10. The van der Waals surface area contributed by atoms with Gasteiger partial charge in [0.15, 0.2) is 0 Å². The molecule has 0 aliphatic carbocycles. The van der Waals surface area contributed by atoms with Crippen LogP contribution in [0.3, 0.4) is 0 Å². The number of hydrogen-bond acceptors (Lipinski definition) is 2. The van der Waals surface area contributed by atoms with Gasteiger partial charge in [0, 0.05) is 16.6 Å². The van der Waals surface area contributed by atoms with Gasteiger partial charge in [-0.25, -0.2) is 4.39 Å². The van der Waals surface area contributed by atoms with Crippen LogP contribution in [0.25, 0.3) is 0 Å². The summed E-state index contributed by atoms with van der Waals surface area (Å²) < 4.78 is 19.0. The van der Waals surface area contributed by atoms with E-state index in [9.17, 15) is 4.39 Å². The number of aryl methyl sites for hydroxylation is 1. The van der Waals surface area contributed by atoms with Crippen molar-refractivity contribution in [3.05, 3.63) is 63.9 Å². The standard InChI is InChI=1S/C16H17ClFNO/c1-10-3-5-14(18)7-12(10)9-20-16-6-4-13(17)8-15(16)11(2)19/h3-8,11H,9,19H2,1-2H3/t11-/m1/s1. The predicted molar refractivity (Wildman–Crippen MR) is 79.5 cm³/mol. The molecule has 0 radical (unpaired) electrons. The molecule has 2 aromatic rings. The molecular weight excluding hydrogens is 277 g/mol. The second-order valence-electron chi connectivity index (χ2n) is 4.83. The van der Waals surface area contributed by atoms with Gasteiger partial charge in [-0.15, -0.1) is 0 Å². The molecule has 2 N–H and O–H groups in total. The lowest BCUT2D eigenvalue weighted by Gasteiger charge is -2.15. The lowest BCUT2D eigenvalue weighted by molar-refractivity contribution is 0.300. The van der Waals surface area contributed by atoms with E-state index in [1.807, 2.05) is 13.8 Å². The summed E-state index contributed by atoms with van der Waals surface area (Å²) in [7, 11) is 0. The Morgan fingerprint density at radius 3 is 2.70 bits per heavy atom. The quantitative estimate of drug-likeness (QED) is 0.907. The van der Waals surface area contributed by atoms with Gasteiger partial charge in [0.05, 0.1) is 0 Å². The molecule has 2 rings (SSSR count). The van der Waals surface area contributed by atoms with Gasteiger partial charge in [-0.05, 0) is 55.3 Å². The van der Waals surface area contributed by atoms with Crippen LogP contribution >= 0.6 is 11.6 Å². The van der Waals surface area contributed by atoms with Gasteiger partial charge in [0.1, 0.15) is 18.2 Å². The summed E-state index contributed by atoms with van der Waals surface area (Å²) in [4.78, 5) is 0. The Bertz CT molecular complexity index is 613. The van der Waals surface area contributed by atoms with Crippen LogP contribution in [0.2, 0.25) is 5.02 Å². The Balaban J connectivity index is 2.20. The van der Waals surface area contributed by atoms with Gasteiger partial charge in [0.2, 0.25) is 0 Å². The van der Waals surface area contributed by atoms with Crippen molar-refractivity contribution in [3.63, 3.8) is 0 Å².